The number of aromatic nitrogens is 4. The van der Waals surface area contributed by atoms with E-state index in [0.717, 1.165) is 0 Å². The number of ether oxygens (including phenoxy) is 1. The Kier molecular flexibility index (Phi) is 4.58. The van der Waals surface area contributed by atoms with Gasteiger partial charge in [-0.05, 0) is 5.53 Å². The molecule has 0 unspecified atom stereocenters. The van der Waals surface area contributed by atoms with Crippen molar-refractivity contribution < 1.29 is 28.7 Å². The van der Waals surface area contributed by atoms with Gasteiger partial charge in [0.25, 0.3) is 0 Å². The molecule has 2 aromatic rings. The number of aliphatic hydroxyl groups is 1. The average molecular weight is 372 g/mol. The summed E-state index contributed by atoms with van der Waals surface area (Å²) in [6.45, 7) is -0.592. The van der Waals surface area contributed by atoms with Gasteiger partial charge >= 0.3 is 7.82 Å². The van der Waals surface area contributed by atoms with Crippen molar-refractivity contribution in [2.24, 2.45) is 5.11 Å². The number of nitrogens with zero attached hydrogens (tertiary/aromatic N) is 7. The average Bonchev–Trinajstić information content (AvgIpc) is 3.09. The van der Waals surface area contributed by atoms with Crippen molar-refractivity contribution in [3.63, 3.8) is 0 Å². The molecule has 3 rings (SSSR count). The number of nitrogens with two attached hydrogens (primary N) is 1. The van der Waals surface area contributed by atoms with Crippen LogP contribution in [0.4, 0.5) is 5.82 Å². The van der Waals surface area contributed by atoms with Gasteiger partial charge in [0.1, 0.15) is 17.9 Å². The minimum atomic E-state index is -4.76. The van der Waals surface area contributed by atoms with Crippen LogP contribution in [0.3, 0.4) is 0 Å². The van der Waals surface area contributed by atoms with Gasteiger partial charge in [0.05, 0.1) is 25.1 Å². The molecule has 134 valence electrons. The van der Waals surface area contributed by atoms with Gasteiger partial charge in [-0.2, -0.15) is 0 Å². The maximum atomic E-state index is 10.9. The highest BCUT2D eigenvalue weighted by Crippen LogP contribution is 2.39. The van der Waals surface area contributed by atoms with Crippen LogP contribution in [0, 0.1) is 0 Å². The third-order valence-corrected chi connectivity index (χ3v) is 4.08. The Morgan fingerprint density at radius 2 is 2.24 bits per heavy atom. The van der Waals surface area contributed by atoms with Crippen LogP contribution in [-0.2, 0) is 13.8 Å². The van der Waals surface area contributed by atoms with E-state index in [1.807, 2.05) is 0 Å². The largest absolute Gasteiger partial charge is 0.469 e. The number of fused-ring (bicyclic) bond motifs is 1. The van der Waals surface area contributed by atoms with Crippen LogP contribution in [0.1, 0.15) is 6.23 Å². The molecule has 0 spiro atoms. The van der Waals surface area contributed by atoms with Gasteiger partial charge in [-0.15, -0.1) is 0 Å². The topological polar surface area (TPSA) is 215 Å². The third kappa shape index (κ3) is 3.41. The molecule has 2 aromatic heterocycles. The van der Waals surface area contributed by atoms with E-state index >= 15 is 0 Å². The summed E-state index contributed by atoms with van der Waals surface area (Å²) < 4.78 is 22.2. The summed E-state index contributed by atoms with van der Waals surface area (Å²) in [5.41, 5.74) is 14.9. The fraction of sp³-hybridized carbons (Fsp3) is 0.500. The van der Waals surface area contributed by atoms with Gasteiger partial charge in [-0.25, -0.2) is 19.5 Å². The lowest BCUT2D eigenvalue weighted by molar-refractivity contribution is -0.0483. The van der Waals surface area contributed by atoms with Crippen LogP contribution in [0.2, 0.25) is 0 Å². The molecule has 25 heavy (non-hydrogen) atoms. The first kappa shape index (κ1) is 17.5. The summed E-state index contributed by atoms with van der Waals surface area (Å²) in [4.78, 5) is 32.1. The maximum absolute atomic E-state index is 10.9. The smallest absolute Gasteiger partial charge is 0.388 e. The Morgan fingerprint density at radius 3 is 2.92 bits per heavy atom. The predicted molar refractivity (Wildman–Crippen MR) is 80.6 cm³/mol. The number of phosphoric ester groups is 1. The number of phosphoric acid groups is 1. The van der Waals surface area contributed by atoms with E-state index in [1.165, 1.54) is 17.2 Å². The van der Waals surface area contributed by atoms with Crippen LogP contribution in [0.25, 0.3) is 21.6 Å². The quantitative estimate of drug-likeness (QED) is 0.227. The number of hydrogen-bond acceptors (Lipinski definition) is 9. The molecule has 5 N–H and O–H groups in total. The van der Waals surface area contributed by atoms with Crippen LogP contribution in [0.5, 0.6) is 0 Å². The van der Waals surface area contributed by atoms with Crippen molar-refractivity contribution >= 4 is 24.8 Å². The number of anilines is 1. The van der Waals surface area contributed by atoms with E-state index < -0.39 is 38.9 Å². The summed E-state index contributed by atoms with van der Waals surface area (Å²) in [5.74, 6) is 0.129. The van der Waals surface area contributed by atoms with E-state index in [1.54, 1.807) is 0 Å². The zero-order chi connectivity index (χ0) is 18.2. The standard InChI is InChI=1S/C10H13N8O6P/c11-8-6-9(14-2-13-8)18(3-15-6)10-7(19)5(16-17-12)4(24-10)1-23-25(20,21)22/h2-5,7,10,19H,1H2,(H2,11,13,14)(H2,20,21,22)/t4-,5+,7-,10+/m1/s1. The number of aliphatic hydroxyl groups excluding tert-OH is 1. The Bertz CT molecular complexity index is 877. The zero-order valence-electron chi connectivity index (χ0n) is 12.4. The van der Waals surface area contributed by atoms with Crippen LogP contribution in [-0.4, -0.2) is 59.3 Å². The van der Waals surface area contributed by atoms with E-state index in [9.17, 15) is 9.67 Å². The minimum absolute atomic E-state index is 0.129. The fourth-order valence-corrected chi connectivity index (χ4v) is 2.87. The Morgan fingerprint density at radius 1 is 1.48 bits per heavy atom. The Labute approximate surface area is 139 Å². The molecule has 0 radical (unpaired) electrons. The monoisotopic (exact) mass is 372 g/mol. The van der Waals surface area contributed by atoms with E-state index in [-0.39, 0.29) is 17.0 Å². The number of azide groups is 1. The summed E-state index contributed by atoms with van der Waals surface area (Å²) in [6, 6.07) is -1.14. The van der Waals surface area contributed by atoms with Gasteiger partial charge in [-0.3, -0.25) is 9.09 Å². The highest BCUT2D eigenvalue weighted by molar-refractivity contribution is 7.46. The number of rotatable bonds is 5. The highest BCUT2D eigenvalue weighted by atomic mass is 31.2. The molecule has 1 aliphatic heterocycles. The molecule has 0 amide bonds. The van der Waals surface area contributed by atoms with Gasteiger partial charge in [0.2, 0.25) is 0 Å². The summed E-state index contributed by atoms with van der Waals surface area (Å²) in [5, 5.41) is 13.8. The van der Waals surface area contributed by atoms with Crippen molar-refractivity contribution in [1.82, 2.24) is 19.5 Å². The number of nitrogen functional groups attached to an aromatic ring is 1. The first-order valence-corrected chi connectivity index (χ1v) is 8.35. The summed E-state index contributed by atoms with van der Waals surface area (Å²) in [7, 11) is -4.76. The number of imidazole rings is 1. The van der Waals surface area contributed by atoms with Crippen LogP contribution >= 0.6 is 7.82 Å². The van der Waals surface area contributed by atoms with Crippen molar-refractivity contribution in [2.45, 2.75) is 24.5 Å². The molecule has 3 heterocycles. The van der Waals surface area contributed by atoms with Crippen LogP contribution < -0.4 is 5.73 Å². The lowest BCUT2D eigenvalue weighted by atomic mass is 10.1. The lowest BCUT2D eigenvalue weighted by Crippen LogP contribution is -2.32. The lowest BCUT2D eigenvalue weighted by Gasteiger charge is -2.16. The van der Waals surface area contributed by atoms with Crippen molar-refractivity contribution in [2.75, 3.05) is 12.3 Å². The van der Waals surface area contributed by atoms with E-state index in [4.69, 9.17) is 25.8 Å². The second-order valence-electron chi connectivity index (χ2n) is 5.12. The molecule has 14 nitrogen and oxygen atoms in total. The second-order valence-corrected chi connectivity index (χ2v) is 6.36. The molecule has 0 saturated carbocycles. The summed E-state index contributed by atoms with van der Waals surface area (Å²) in [6.07, 6.45) is -1.01. The van der Waals surface area contributed by atoms with Gasteiger partial charge in [0.15, 0.2) is 17.7 Å². The van der Waals surface area contributed by atoms with E-state index in [2.05, 4.69) is 29.5 Å². The van der Waals surface area contributed by atoms with Gasteiger partial charge in [-0.1, -0.05) is 5.11 Å². The second kappa shape index (κ2) is 6.54. The number of hydrogen-bond donors (Lipinski definition) is 4. The predicted octanol–water partition coefficient (Wildman–Crippen LogP) is -0.545. The van der Waals surface area contributed by atoms with Crippen LogP contribution in [0.15, 0.2) is 17.8 Å². The van der Waals surface area contributed by atoms with Crippen molar-refractivity contribution in [3.8, 4) is 0 Å². The first-order chi connectivity index (χ1) is 11.8. The molecule has 1 saturated heterocycles. The summed E-state index contributed by atoms with van der Waals surface area (Å²) >= 11 is 0. The third-order valence-electron chi connectivity index (χ3n) is 3.59. The normalized spacial score (nSPS) is 26.7. The minimum Gasteiger partial charge on any atom is -0.388 e. The highest BCUT2D eigenvalue weighted by Gasteiger charge is 2.45. The Balaban J connectivity index is 1.92. The molecular formula is C10H13N8O6P. The molecule has 0 bridgehead atoms. The molecule has 4 atom stereocenters. The van der Waals surface area contributed by atoms with Gasteiger partial charge < -0.3 is 25.4 Å². The zero-order valence-corrected chi connectivity index (χ0v) is 13.3. The van der Waals surface area contributed by atoms with Crippen molar-refractivity contribution in [1.29, 1.82) is 0 Å². The maximum Gasteiger partial charge on any atom is 0.469 e. The van der Waals surface area contributed by atoms with E-state index in [0.29, 0.717) is 0 Å². The molecule has 0 aliphatic carbocycles. The SMILES string of the molecule is [N-]=[N+]=N[C@@H]1[C@@H](O)[C@@H](n2cnc3c(N)ncnc32)O[C@@H]1COP(=O)(O)O. The molecular weight excluding hydrogens is 359 g/mol. The molecule has 1 fully saturated rings. The molecule has 15 heteroatoms. The molecule has 1 aliphatic rings. The first-order valence-electron chi connectivity index (χ1n) is 6.82. The van der Waals surface area contributed by atoms with Crippen molar-refractivity contribution in [3.05, 3.63) is 23.1 Å². The Hall–Kier alpha value is -2.31. The fourth-order valence-electron chi connectivity index (χ4n) is 2.53. The molecule has 0 aromatic carbocycles. The van der Waals surface area contributed by atoms with Gasteiger partial charge in [0, 0.05) is 4.91 Å².